The molecule has 1 fully saturated rings. The summed E-state index contributed by atoms with van der Waals surface area (Å²) < 4.78 is 5.26. The Morgan fingerprint density at radius 3 is 2.44 bits per heavy atom. The number of aliphatic hydroxyl groups is 1. The topological polar surface area (TPSA) is 75.8 Å². The molecule has 16 heavy (non-hydrogen) atoms. The number of piperidine rings is 1. The Morgan fingerprint density at radius 2 is 2.00 bits per heavy atom. The highest BCUT2D eigenvalue weighted by molar-refractivity contribution is 5.68. The Kier molecular flexibility index (Phi) is 3.80. The number of hydrogen-bond acceptors (Lipinski definition) is 4. The third-order valence-corrected chi connectivity index (χ3v) is 2.61. The van der Waals surface area contributed by atoms with Gasteiger partial charge in [-0.15, -0.1) is 0 Å². The van der Waals surface area contributed by atoms with Gasteiger partial charge in [0.25, 0.3) is 0 Å². The molecule has 0 saturated carbocycles. The fraction of sp³-hybridized carbons (Fsp3) is 0.909. The lowest BCUT2D eigenvalue weighted by atomic mass is 9.93. The lowest BCUT2D eigenvalue weighted by Crippen LogP contribution is -2.57. The van der Waals surface area contributed by atoms with Crippen LogP contribution in [0.3, 0.4) is 0 Å². The first-order valence-electron chi connectivity index (χ1n) is 5.62. The molecule has 1 amide bonds. The van der Waals surface area contributed by atoms with E-state index in [0.29, 0.717) is 13.1 Å². The standard InChI is InChI=1S/C11H22N2O3/c1-7-5-13(6-8(12)9(7)14)10(15)16-11(2,3)4/h7-9,14H,5-6,12H2,1-4H3/t7-,8+,9+/m1/s1. The average Bonchev–Trinajstić information content (AvgIpc) is 2.10. The molecule has 0 aromatic rings. The van der Waals surface area contributed by atoms with Gasteiger partial charge in [-0.25, -0.2) is 4.79 Å². The largest absolute Gasteiger partial charge is 0.444 e. The van der Waals surface area contributed by atoms with Crippen molar-refractivity contribution in [2.24, 2.45) is 11.7 Å². The van der Waals surface area contributed by atoms with Crippen molar-refractivity contribution in [2.75, 3.05) is 13.1 Å². The Balaban J connectivity index is 2.58. The molecule has 1 aliphatic heterocycles. The lowest BCUT2D eigenvalue weighted by Gasteiger charge is -2.38. The van der Waals surface area contributed by atoms with E-state index in [1.54, 1.807) is 4.90 Å². The zero-order valence-corrected chi connectivity index (χ0v) is 10.4. The maximum absolute atomic E-state index is 11.8. The van der Waals surface area contributed by atoms with Crippen molar-refractivity contribution in [3.63, 3.8) is 0 Å². The third-order valence-electron chi connectivity index (χ3n) is 2.61. The van der Waals surface area contributed by atoms with Crippen LogP contribution in [0.4, 0.5) is 4.79 Å². The summed E-state index contributed by atoms with van der Waals surface area (Å²) in [7, 11) is 0. The quantitative estimate of drug-likeness (QED) is 0.637. The normalized spacial score (nSPS) is 31.4. The van der Waals surface area contributed by atoms with Crippen molar-refractivity contribution in [2.45, 2.75) is 45.4 Å². The van der Waals surface area contributed by atoms with E-state index in [0.717, 1.165) is 0 Å². The SMILES string of the molecule is C[C@@H]1CN(C(=O)OC(C)(C)C)C[C@H](N)[C@H]1O. The fourth-order valence-corrected chi connectivity index (χ4v) is 1.79. The van der Waals surface area contributed by atoms with E-state index in [2.05, 4.69) is 0 Å². The monoisotopic (exact) mass is 230 g/mol. The van der Waals surface area contributed by atoms with Crippen LogP contribution in [-0.4, -0.2) is 46.9 Å². The van der Waals surface area contributed by atoms with Crippen molar-refractivity contribution >= 4 is 6.09 Å². The van der Waals surface area contributed by atoms with Gasteiger partial charge in [-0.3, -0.25) is 0 Å². The third kappa shape index (κ3) is 3.35. The molecule has 0 aromatic carbocycles. The fourth-order valence-electron chi connectivity index (χ4n) is 1.79. The number of nitrogens with zero attached hydrogens (tertiary/aromatic N) is 1. The highest BCUT2D eigenvalue weighted by atomic mass is 16.6. The van der Waals surface area contributed by atoms with E-state index < -0.39 is 17.7 Å². The number of carbonyl (C=O) groups excluding carboxylic acids is 1. The molecule has 1 heterocycles. The van der Waals surface area contributed by atoms with Crippen LogP contribution in [0, 0.1) is 5.92 Å². The molecule has 1 saturated heterocycles. The molecule has 0 radical (unpaired) electrons. The second kappa shape index (κ2) is 4.59. The zero-order valence-electron chi connectivity index (χ0n) is 10.4. The van der Waals surface area contributed by atoms with E-state index in [1.165, 1.54) is 0 Å². The van der Waals surface area contributed by atoms with Crippen molar-refractivity contribution in [3.8, 4) is 0 Å². The van der Waals surface area contributed by atoms with Gasteiger partial charge in [0.15, 0.2) is 0 Å². The molecule has 5 heteroatoms. The zero-order chi connectivity index (χ0) is 12.5. The smallest absolute Gasteiger partial charge is 0.410 e. The van der Waals surface area contributed by atoms with Crippen molar-refractivity contribution in [3.05, 3.63) is 0 Å². The van der Waals surface area contributed by atoms with E-state index in [-0.39, 0.29) is 12.0 Å². The first-order chi connectivity index (χ1) is 7.20. The molecule has 0 spiro atoms. The van der Waals surface area contributed by atoms with Crippen molar-refractivity contribution < 1.29 is 14.6 Å². The highest BCUT2D eigenvalue weighted by Crippen LogP contribution is 2.18. The van der Waals surface area contributed by atoms with Gasteiger partial charge >= 0.3 is 6.09 Å². The van der Waals surface area contributed by atoms with E-state index >= 15 is 0 Å². The summed E-state index contributed by atoms with van der Waals surface area (Å²) in [5.41, 5.74) is 5.26. The molecule has 5 nitrogen and oxygen atoms in total. The summed E-state index contributed by atoms with van der Waals surface area (Å²) in [6.45, 7) is 8.19. The van der Waals surface area contributed by atoms with Gasteiger partial charge < -0.3 is 20.5 Å². The summed E-state index contributed by atoms with van der Waals surface area (Å²) in [6, 6.07) is -0.392. The van der Waals surface area contributed by atoms with Gasteiger partial charge in [0, 0.05) is 25.0 Å². The summed E-state index contributed by atoms with van der Waals surface area (Å²) in [5, 5.41) is 9.67. The average molecular weight is 230 g/mol. The molecule has 3 N–H and O–H groups in total. The van der Waals surface area contributed by atoms with Crippen LogP contribution in [-0.2, 0) is 4.74 Å². The summed E-state index contributed by atoms with van der Waals surface area (Å²) >= 11 is 0. The summed E-state index contributed by atoms with van der Waals surface area (Å²) in [5.74, 6) is -0.0173. The molecule has 0 unspecified atom stereocenters. The van der Waals surface area contributed by atoms with Gasteiger partial charge in [0.1, 0.15) is 5.60 Å². The highest BCUT2D eigenvalue weighted by Gasteiger charge is 2.34. The van der Waals surface area contributed by atoms with Gasteiger partial charge in [0.05, 0.1) is 6.10 Å². The van der Waals surface area contributed by atoms with Crippen LogP contribution >= 0.6 is 0 Å². The van der Waals surface area contributed by atoms with Crippen LogP contribution in [0.2, 0.25) is 0 Å². The number of nitrogens with two attached hydrogens (primary N) is 1. The molecule has 1 aliphatic rings. The molecule has 0 aliphatic carbocycles. The second-order valence-corrected chi connectivity index (χ2v) is 5.52. The van der Waals surface area contributed by atoms with Gasteiger partial charge in [-0.05, 0) is 20.8 Å². The Bertz CT molecular complexity index is 250. The maximum Gasteiger partial charge on any atom is 0.410 e. The number of rotatable bonds is 0. The number of amides is 1. The minimum absolute atomic E-state index is 0.0173. The van der Waals surface area contributed by atoms with Crippen LogP contribution in [0.5, 0.6) is 0 Å². The molecular formula is C11H22N2O3. The number of ether oxygens (including phenoxy) is 1. The van der Waals surface area contributed by atoms with Gasteiger partial charge in [0.2, 0.25) is 0 Å². The Hall–Kier alpha value is -0.810. The van der Waals surface area contributed by atoms with Crippen LogP contribution in [0.15, 0.2) is 0 Å². The van der Waals surface area contributed by atoms with Crippen LogP contribution < -0.4 is 5.73 Å². The Morgan fingerprint density at radius 1 is 1.44 bits per heavy atom. The summed E-state index contributed by atoms with van der Waals surface area (Å²) in [4.78, 5) is 13.3. The second-order valence-electron chi connectivity index (χ2n) is 5.52. The van der Waals surface area contributed by atoms with E-state index in [4.69, 9.17) is 10.5 Å². The predicted octanol–water partition coefficient (Wildman–Crippen LogP) is 0.561. The predicted molar refractivity (Wildman–Crippen MR) is 61.0 cm³/mol. The number of aliphatic hydroxyl groups excluding tert-OH is 1. The maximum atomic E-state index is 11.8. The molecule has 1 rings (SSSR count). The van der Waals surface area contributed by atoms with Crippen LogP contribution in [0.1, 0.15) is 27.7 Å². The minimum atomic E-state index is -0.543. The van der Waals surface area contributed by atoms with Gasteiger partial charge in [-0.1, -0.05) is 6.92 Å². The molecular weight excluding hydrogens is 208 g/mol. The molecule has 3 atom stereocenters. The number of carbonyl (C=O) groups is 1. The number of hydrogen-bond donors (Lipinski definition) is 2. The van der Waals surface area contributed by atoms with E-state index in [1.807, 2.05) is 27.7 Å². The first kappa shape index (κ1) is 13.3. The van der Waals surface area contributed by atoms with Crippen molar-refractivity contribution in [1.82, 2.24) is 4.90 Å². The molecule has 0 bridgehead atoms. The van der Waals surface area contributed by atoms with Gasteiger partial charge in [-0.2, -0.15) is 0 Å². The Labute approximate surface area is 96.6 Å². The van der Waals surface area contributed by atoms with Crippen molar-refractivity contribution in [1.29, 1.82) is 0 Å². The summed E-state index contributed by atoms with van der Waals surface area (Å²) in [6.07, 6.45) is -0.902. The first-order valence-corrected chi connectivity index (χ1v) is 5.62. The molecule has 94 valence electrons. The number of likely N-dealkylation sites (tertiary alicyclic amines) is 1. The lowest BCUT2D eigenvalue weighted by molar-refractivity contribution is -0.0129. The van der Waals surface area contributed by atoms with E-state index in [9.17, 15) is 9.90 Å². The molecule has 0 aromatic heterocycles. The van der Waals surface area contributed by atoms with Crippen LogP contribution in [0.25, 0.3) is 0 Å². The minimum Gasteiger partial charge on any atom is -0.444 e.